The second-order valence-corrected chi connectivity index (χ2v) is 9.28. The Balaban J connectivity index is 1.92. The maximum Gasteiger partial charge on any atom is 0.222 e. The first-order chi connectivity index (χ1) is 14.0. The van der Waals surface area contributed by atoms with E-state index in [0.717, 1.165) is 11.2 Å². The van der Waals surface area contributed by atoms with E-state index in [4.69, 9.17) is 4.42 Å². The molecule has 0 fully saturated rings. The molecule has 0 saturated heterocycles. The average Bonchev–Trinajstić information content (AvgIpc) is 3.10. The fourth-order valence-electron chi connectivity index (χ4n) is 5.00. The lowest BCUT2D eigenvalue weighted by atomic mass is 9.92. The number of aromatic nitrogens is 1. The number of rotatable bonds is 0. The maximum absolute atomic E-state index is 6.47. The molecular weight excluding hydrogens is 374 g/mol. The van der Waals surface area contributed by atoms with Gasteiger partial charge in [-0.15, -0.1) is 0 Å². The summed E-state index contributed by atoms with van der Waals surface area (Å²) in [6.45, 7) is 8.94. The van der Waals surface area contributed by atoms with Crippen molar-refractivity contribution in [3.8, 4) is 11.3 Å². The third kappa shape index (κ3) is 2.06. The summed E-state index contributed by atoms with van der Waals surface area (Å²) in [7, 11) is 2.16. The molecule has 0 aliphatic carbocycles. The quantitative estimate of drug-likeness (QED) is 0.259. The van der Waals surface area contributed by atoms with E-state index in [1.807, 2.05) is 11.8 Å². The molecule has 0 atom stereocenters. The van der Waals surface area contributed by atoms with Crippen LogP contribution in [0.1, 0.15) is 22.3 Å². The van der Waals surface area contributed by atoms with Gasteiger partial charge in [0.2, 0.25) is 5.69 Å². The van der Waals surface area contributed by atoms with Crippen molar-refractivity contribution in [3.63, 3.8) is 0 Å². The molecule has 2 aromatic heterocycles. The number of aryl methyl sites for hydroxylation is 4. The summed E-state index contributed by atoms with van der Waals surface area (Å²) >= 11 is 1.88. The van der Waals surface area contributed by atoms with Gasteiger partial charge in [-0.2, -0.15) is 0 Å². The highest BCUT2D eigenvalue weighted by atomic mass is 32.2. The van der Waals surface area contributed by atoms with Crippen LogP contribution in [-0.4, -0.2) is 0 Å². The maximum atomic E-state index is 6.47. The summed E-state index contributed by atoms with van der Waals surface area (Å²) in [5.74, 6) is 0. The van der Waals surface area contributed by atoms with Crippen LogP contribution in [0.3, 0.4) is 0 Å². The van der Waals surface area contributed by atoms with Crippen LogP contribution in [0.25, 0.3) is 44.0 Å². The van der Waals surface area contributed by atoms with Crippen molar-refractivity contribution in [2.24, 2.45) is 7.05 Å². The van der Waals surface area contributed by atoms with Gasteiger partial charge in [-0.1, -0.05) is 36.0 Å². The summed E-state index contributed by atoms with van der Waals surface area (Å²) < 4.78 is 8.75. The predicted octanol–water partition coefficient (Wildman–Crippen LogP) is 6.93. The lowest BCUT2D eigenvalue weighted by molar-refractivity contribution is -0.659. The number of pyridine rings is 1. The Morgan fingerprint density at radius 3 is 2.45 bits per heavy atom. The van der Waals surface area contributed by atoms with Crippen molar-refractivity contribution in [3.05, 3.63) is 64.8 Å². The second kappa shape index (κ2) is 5.64. The van der Waals surface area contributed by atoms with Crippen LogP contribution in [-0.2, 0) is 7.05 Å². The van der Waals surface area contributed by atoms with E-state index in [0.29, 0.717) is 0 Å². The number of nitrogens with zero attached hydrogens (tertiary/aromatic N) is 1. The molecule has 0 saturated carbocycles. The minimum Gasteiger partial charge on any atom is -0.455 e. The van der Waals surface area contributed by atoms with Gasteiger partial charge in [0.25, 0.3) is 0 Å². The number of hydrogen-bond acceptors (Lipinski definition) is 2. The zero-order valence-corrected chi connectivity index (χ0v) is 18.1. The van der Waals surface area contributed by atoms with Gasteiger partial charge in [-0.25, -0.2) is 4.57 Å². The molecule has 1 aliphatic rings. The summed E-state index contributed by atoms with van der Waals surface area (Å²) in [5, 5.41) is 5.10. The average molecular weight is 397 g/mol. The zero-order chi connectivity index (χ0) is 20.0. The van der Waals surface area contributed by atoms with E-state index in [9.17, 15) is 0 Å². The summed E-state index contributed by atoms with van der Waals surface area (Å²) in [5.41, 5.74) is 10.0. The Labute approximate surface area is 174 Å². The van der Waals surface area contributed by atoms with Crippen molar-refractivity contribution in [2.75, 3.05) is 0 Å². The van der Waals surface area contributed by atoms with Crippen molar-refractivity contribution >= 4 is 44.5 Å². The van der Waals surface area contributed by atoms with Crippen molar-refractivity contribution < 1.29 is 8.98 Å². The van der Waals surface area contributed by atoms with E-state index in [1.54, 1.807) is 0 Å². The molecule has 0 spiro atoms. The molecule has 3 heteroatoms. The second-order valence-electron chi connectivity index (χ2n) is 8.26. The van der Waals surface area contributed by atoms with Crippen LogP contribution in [0.15, 0.2) is 56.8 Å². The first-order valence-electron chi connectivity index (χ1n) is 10.0. The normalized spacial score (nSPS) is 12.9. The SMILES string of the molecule is Cc1cc(C)c2c(c1C)-c1c3c(c4oc5ccccc5c4c(C)c3cc[n+]1C)S2. The Morgan fingerprint density at radius 1 is 0.828 bits per heavy atom. The number of hydrogen-bond donors (Lipinski definition) is 0. The Morgan fingerprint density at radius 2 is 1.62 bits per heavy atom. The summed E-state index contributed by atoms with van der Waals surface area (Å²) in [6.07, 6.45) is 2.21. The van der Waals surface area contributed by atoms with Crippen molar-refractivity contribution in [2.45, 2.75) is 37.5 Å². The third-order valence-corrected chi connectivity index (χ3v) is 7.88. The fourth-order valence-corrected chi connectivity index (χ4v) is 6.32. The molecule has 5 aromatic rings. The molecule has 0 amide bonds. The number of benzene rings is 3. The molecule has 0 bridgehead atoms. The molecule has 0 radical (unpaired) electrons. The molecule has 2 nitrogen and oxygen atoms in total. The van der Waals surface area contributed by atoms with Gasteiger partial charge in [0.05, 0.1) is 15.8 Å². The van der Waals surface area contributed by atoms with Crippen molar-refractivity contribution in [1.82, 2.24) is 0 Å². The standard InChI is InChI=1S/C26H22NOS/c1-13-12-14(2)25-21(15(13)3)23-22-17(10-11-27(23)5)16(4)20-18-8-6-7-9-19(18)28-24(20)26(22)29-25/h6-12H,1-5H3/q+1. The molecule has 3 aromatic carbocycles. The van der Waals surface area contributed by atoms with Gasteiger partial charge < -0.3 is 4.42 Å². The van der Waals surface area contributed by atoms with Gasteiger partial charge in [-0.05, 0) is 61.4 Å². The number of fused-ring (bicyclic) bond motifs is 6. The Bertz CT molecular complexity index is 1520. The summed E-state index contributed by atoms with van der Waals surface area (Å²) in [4.78, 5) is 2.61. The highest BCUT2D eigenvalue weighted by molar-refractivity contribution is 8.00. The van der Waals surface area contributed by atoms with Crippen LogP contribution in [0.2, 0.25) is 0 Å². The van der Waals surface area contributed by atoms with E-state index in [2.05, 4.69) is 81.9 Å². The first kappa shape index (κ1) is 17.1. The van der Waals surface area contributed by atoms with E-state index in [1.165, 1.54) is 64.8 Å². The minimum absolute atomic E-state index is 0.964. The molecule has 6 rings (SSSR count). The smallest absolute Gasteiger partial charge is 0.222 e. The highest BCUT2D eigenvalue weighted by Crippen LogP contribution is 2.54. The largest absolute Gasteiger partial charge is 0.455 e. The Kier molecular flexibility index (Phi) is 3.33. The molecule has 0 unspecified atom stereocenters. The fraction of sp³-hybridized carbons (Fsp3) is 0.192. The van der Waals surface area contributed by atoms with Gasteiger partial charge in [0.1, 0.15) is 12.6 Å². The van der Waals surface area contributed by atoms with Crippen LogP contribution in [0.4, 0.5) is 0 Å². The minimum atomic E-state index is 0.964. The molecule has 0 N–H and O–H groups in total. The van der Waals surface area contributed by atoms with Crippen LogP contribution in [0, 0.1) is 27.7 Å². The number of furan rings is 1. The third-order valence-electron chi connectivity index (χ3n) is 6.56. The monoisotopic (exact) mass is 396 g/mol. The molecule has 3 heterocycles. The Hall–Kier alpha value is -2.78. The van der Waals surface area contributed by atoms with Gasteiger partial charge in [0.15, 0.2) is 11.8 Å². The lowest BCUT2D eigenvalue weighted by Crippen LogP contribution is -2.32. The molecular formula is C26H22NOS+. The molecule has 142 valence electrons. The van der Waals surface area contributed by atoms with E-state index >= 15 is 0 Å². The van der Waals surface area contributed by atoms with Gasteiger partial charge in [-0.3, -0.25) is 0 Å². The molecule has 29 heavy (non-hydrogen) atoms. The van der Waals surface area contributed by atoms with Crippen LogP contribution >= 0.6 is 11.8 Å². The van der Waals surface area contributed by atoms with Gasteiger partial charge >= 0.3 is 0 Å². The van der Waals surface area contributed by atoms with Crippen LogP contribution < -0.4 is 4.57 Å². The van der Waals surface area contributed by atoms with E-state index in [-0.39, 0.29) is 0 Å². The van der Waals surface area contributed by atoms with Gasteiger partial charge in [0, 0.05) is 21.7 Å². The zero-order valence-electron chi connectivity index (χ0n) is 17.3. The number of para-hydroxylation sites is 1. The predicted molar refractivity (Wildman–Crippen MR) is 121 cm³/mol. The topological polar surface area (TPSA) is 17.0 Å². The highest BCUT2D eigenvalue weighted by Gasteiger charge is 2.33. The summed E-state index contributed by atoms with van der Waals surface area (Å²) in [6, 6.07) is 13.0. The lowest BCUT2D eigenvalue weighted by Gasteiger charge is -2.23. The van der Waals surface area contributed by atoms with E-state index < -0.39 is 0 Å². The van der Waals surface area contributed by atoms with Crippen molar-refractivity contribution in [1.29, 1.82) is 0 Å². The molecule has 1 aliphatic heterocycles. The first-order valence-corrected chi connectivity index (χ1v) is 10.8. The van der Waals surface area contributed by atoms with Crippen LogP contribution in [0.5, 0.6) is 0 Å².